The molecule has 0 aliphatic heterocycles. The minimum atomic E-state index is -4.35. The van der Waals surface area contributed by atoms with E-state index in [9.17, 15) is 19.4 Å². The quantitative estimate of drug-likeness (QED) is 0.0243. The lowest BCUT2D eigenvalue weighted by Crippen LogP contribution is -2.45. The average molecular weight is 1030 g/mol. The van der Waals surface area contributed by atoms with Crippen LogP contribution in [0.3, 0.4) is 0 Å². The predicted molar refractivity (Wildman–Crippen MR) is 313 cm³/mol. The van der Waals surface area contributed by atoms with Gasteiger partial charge in [-0.15, -0.1) is 0 Å². The van der Waals surface area contributed by atoms with Crippen LogP contribution in [-0.4, -0.2) is 73.4 Å². The van der Waals surface area contributed by atoms with Gasteiger partial charge in [-0.1, -0.05) is 266 Å². The number of hydrogen-bond donors (Lipinski definition) is 3. The highest BCUT2D eigenvalue weighted by Gasteiger charge is 2.27. The molecule has 0 saturated carbocycles. The number of phosphoric ester groups is 1. The smallest absolute Gasteiger partial charge is 0.387 e. The summed E-state index contributed by atoms with van der Waals surface area (Å²) in [4.78, 5) is 23.3. The summed E-state index contributed by atoms with van der Waals surface area (Å²) < 4.78 is 23.7. The number of hydrogen-bond acceptors (Lipinski definition) is 5. The van der Waals surface area contributed by atoms with E-state index in [1.54, 1.807) is 6.08 Å². The van der Waals surface area contributed by atoms with Crippen LogP contribution in [0, 0.1) is 0 Å². The maximum Gasteiger partial charge on any atom is 0.472 e. The molecule has 0 radical (unpaired) electrons. The first-order valence-corrected chi connectivity index (χ1v) is 31.5. The topological polar surface area (TPSA) is 105 Å². The number of allylic oxidation sites excluding steroid dienone is 13. The van der Waals surface area contributed by atoms with Gasteiger partial charge in [0.1, 0.15) is 13.2 Å². The lowest BCUT2D eigenvalue weighted by atomic mass is 10.0. The molecule has 9 heteroatoms. The maximum atomic E-state index is 13.0. The number of carbonyl (C=O) groups excluding carboxylic acids is 1. The summed E-state index contributed by atoms with van der Waals surface area (Å²) in [6, 6.07) is -0.849. The Morgan fingerprint density at radius 1 is 0.486 bits per heavy atom. The van der Waals surface area contributed by atoms with Crippen LogP contribution in [0.25, 0.3) is 0 Å². The first kappa shape index (κ1) is 69.7. The summed E-state index contributed by atoms with van der Waals surface area (Å²) >= 11 is 0. The van der Waals surface area contributed by atoms with E-state index >= 15 is 0 Å². The number of amides is 1. The van der Waals surface area contributed by atoms with Gasteiger partial charge in [-0.3, -0.25) is 13.8 Å². The van der Waals surface area contributed by atoms with Crippen molar-refractivity contribution in [1.82, 2.24) is 5.32 Å². The number of unbranched alkanes of at least 4 members (excludes halogenated alkanes) is 29. The standard InChI is InChI=1S/C63H115N2O6P/c1-6-8-10-12-14-16-18-20-22-23-24-25-26-27-28-29-30-31-32-33-34-35-36-37-38-39-40-41-43-45-47-49-51-53-55-57-63(67)64-61(60-71-72(68,69)70-59-58-65(3,4)5)62(66)56-54-52-50-48-46-44-42-21-19-17-15-13-11-9-7-2/h8,10,14,16,20,22,24-25,27-28,30-31,54,56,61-62,66H,6-7,9,11-13,15,17-19,21,23,26,29,32-53,55,57-60H2,1-5H3,(H-,64,67,68,69)/p+1/b10-8-,16-14-,22-20-,25-24-,28-27-,31-30-,56-54+. The summed E-state index contributed by atoms with van der Waals surface area (Å²) in [7, 11) is 1.57. The van der Waals surface area contributed by atoms with Crippen molar-refractivity contribution >= 4 is 13.7 Å². The molecule has 1 amide bonds. The summed E-state index contributed by atoms with van der Waals surface area (Å²) in [5.74, 6) is -0.178. The van der Waals surface area contributed by atoms with Crippen LogP contribution in [0.1, 0.15) is 258 Å². The van der Waals surface area contributed by atoms with Crippen molar-refractivity contribution in [2.45, 2.75) is 270 Å². The van der Waals surface area contributed by atoms with E-state index in [4.69, 9.17) is 9.05 Å². The molecule has 3 unspecified atom stereocenters. The van der Waals surface area contributed by atoms with E-state index in [-0.39, 0.29) is 19.1 Å². The third kappa shape index (κ3) is 55.4. The number of nitrogens with zero attached hydrogens (tertiary/aromatic N) is 1. The largest absolute Gasteiger partial charge is 0.472 e. The summed E-state index contributed by atoms with van der Waals surface area (Å²) in [6.45, 7) is 4.71. The molecule has 0 rings (SSSR count). The van der Waals surface area contributed by atoms with Crippen LogP contribution >= 0.6 is 7.82 Å². The Labute approximate surface area is 446 Å². The van der Waals surface area contributed by atoms with E-state index in [1.165, 1.54) is 161 Å². The zero-order valence-electron chi connectivity index (χ0n) is 47.7. The molecular formula is C63H116N2O6P+. The average Bonchev–Trinajstić information content (AvgIpc) is 3.34. The minimum Gasteiger partial charge on any atom is -0.387 e. The molecule has 0 aliphatic rings. The van der Waals surface area contributed by atoms with E-state index in [2.05, 4.69) is 92.1 Å². The fraction of sp³-hybridized carbons (Fsp3) is 0.762. The lowest BCUT2D eigenvalue weighted by Gasteiger charge is -2.25. The van der Waals surface area contributed by atoms with Gasteiger partial charge in [-0.05, 0) is 70.6 Å². The van der Waals surface area contributed by atoms with E-state index in [1.807, 2.05) is 27.2 Å². The molecule has 0 aromatic carbocycles. The maximum absolute atomic E-state index is 13.0. The Kier molecular flexibility index (Phi) is 51.8. The van der Waals surface area contributed by atoms with Crippen LogP contribution in [0.15, 0.2) is 85.1 Å². The molecule has 3 atom stereocenters. The summed E-state index contributed by atoms with van der Waals surface area (Å²) in [5, 5.41) is 13.9. The van der Waals surface area contributed by atoms with Crippen LogP contribution in [0.4, 0.5) is 0 Å². The lowest BCUT2D eigenvalue weighted by molar-refractivity contribution is -0.870. The number of quaternary nitrogens is 1. The van der Waals surface area contributed by atoms with Gasteiger partial charge in [0.15, 0.2) is 0 Å². The molecule has 0 aromatic rings. The number of likely N-dealkylation sites (N-methyl/N-ethyl adjacent to an activating group) is 1. The Morgan fingerprint density at radius 2 is 0.833 bits per heavy atom. The van der Waals surface area contributed by atoms with Crippen molar-refractivity contribution in [2.24, 2.45) is 0 Å². The third-order valence-corrected chi connectivity index (χ3v) is 14.1. The molecule has 0 spiro atoms. The van der Waals surface area contributed by atoms with E-state index < -0.39 is 20.0 Å². The van der Waals surface area contributed by atoms with Crippen molar-refractivity contribution in [2.75, 3.05) is 40.9 Å². The highest BCUT2D eigenvalue weighted by Crippen LogP contribution is 2.43. The second kappa shape index (κ2) is 53.5. The molecule has 0 heterocycles. The molecule has 418 valence electrons. The summed E-state index contributed by atoms with van der Waals surface area (Å²) in [6.07, 6.45) is 75.5. The number of nitrogens with one attached hydrogen (secondary N) is 1. The Morgan fingerprint density at radius 3 is 1.22 bits per heavy atom. The first-order valence-electron chi connectivity index (χ1n) is 30.0. The van der Waals surface area contributed by atoms with Crippen LogP contribution < -0.4 is 5.32 Å². The van der Waals surface area contributed by atoms with Crippen LogP contribution in [-0.2, 0) is 18.4 Å². The zero-order valence-corrected chi connectivity index (χ0v) is 48.5. The van der Waals surface area contributed by atoms with Gasteiger partial charge in [-0.25, -0.2) is 4.57 Å². The van der Waals surface area contributed by atoms with Crippen molar-refractivity contribution in [3.05, 3.63) is 85.1 Å². The number of rotatable bonds is 54. The second-order valence-electron chi connectivity index (χ2n) is 21.3. The fourth-order valence-corrected chi connectivity index (χ4v) is 9.19. The highest BCUT2D eigenvalue weighted by atomic mass is 31.2. The van der Waals surface area contributed by atoms with Gasteiger partial charge in [-0.2, -0.15) is 0 Å². The monoisotopic (exact) mass is 1030 g/mol. The predicted octanol–water partition coefficient (Wildman–Crippen LogP) is 18.4. The molecule has 0 saturated heterocycles. The normalized spacial score (nSPS) is 14.5. The van der Waals surface area contributed by atoms with Gasteiger partial charge < -0.3 is 19.8 Å². The number of carbonyl (C=O) groups is 1. The second-order valence-corrected chi connectivity index (χ2v) is 22.8. The highest BCUT2D eigenvalue weighted by molar-refractivity contribution is 7.47. The SMILES string of the molecule is CC/C=C\C/C=C\C/C=C\C/C=C\C/C=C\C/C=C\CCCCCCCCCCCCCCCCCCC(=O)NC(COP(=O)(O)OCC[N+](C)(C)C)C(O)/C=C/CCCCCCCCCCCCCCC. The molecule has 3 N–H and O–H groups in total. The van der Waals surface area contributed by atoms with E-state index in [0.717, 1.165) is 77.0 Å². The molecule has 72 heavy (non-hydrogen) atoms. The Balaban J connectivity index is 4.06. The molecule has 0 aromatic heterocycles. The van der Waals surface area contributed by atoms with Crippen molar-refractivity contribution in [3.63, 3.8) is 0 Å². The van der Waals surface area contributed by atoms with Gasteiger partial charge in [0.05, 0.1) is 39.9 Å². The van der Waals surface area contributed by atoms with Crippen molar-refractivity contribution < 1.29 is 32.9 Å². The van der Waals surface area contributed by atoms with Crippen LogP contribution in [0.2, 0.25) is 0 Å². The van der Waals surface area contributed by atoms with Gasteiger partial charge in [0, 0.05) is 6.42 Å². The van der Waals surface area contributed by atoms with Gasteiger partial charge >= 0.3 is 7.82 Å². The first-order chi connectivity index (χ1) is 35.0. The molecule has 8 nitrogen and oxygen atoms in total. The Bertz CT molecular complexity index is 1450. The Hall–Kier alpha value is -2.32. The number of aliphatic hydroxyl groups excluding tert-OH is 1. The van der Waals surface area contributed by atoms with Gasteiger partial charge in [0.25, 0.3) is 0 Å². The summed E-state index contributed by atoms with van der Waals surface area (Å²) in [5.41, 5.74) is 0. The number of phosphoric acid groups is 1. The fourth-order valence-electron chi connectivity index (χ4n) is 8.46. The molecule has 0 fully saturated rings. The molecule has 0 bridgehead atoms. The molecule has 0 aliphatic carbocycles. The van der Waals surface area contributed by atoms with E-state index in [0.29, 0.717) is 17.4 Å². The van der Waals surface area contributed by atoms with Gasteiger partial charge in [0.2, 0.25) is 5.91 Å². The van der Waals surface area contributed by atoms with Crippen molar-refractivity contribution in [1.29, 1.82) is 0 Å². The van der Waals surface area contributed by atoms with Crippen LogP contribution in [0.5, 0.6) is 0 Å². The zero-order chi connectivity index (χ0) is 52.7. The molecular weight excluding hydrogens is 912 g/mol. The third-order valence-electron chi connectivity index (χ3n) is 13.1. The minimum absolute atomic E-state index is 0.0599. The van der Waals surface area contributed by atoms with Crippen molar-refractivity contribution in [3.8, 4) is 0 Å². The number of aliphatic hydroxyl groups is 1.